The van der Waals surface area contributed by atoms with E-state index in [1.807, 2.05) is 27.7 Å². The molecule has 0 atom stereocenters. The van der Waals surface area contributed by atoms with Crippen LogP contribution in [0.3, 0.4) is 0 Å². The van der Waals surface area contributed by atoms with Crippen molar-refractivity contribution in [3.63, 3.8) is 0 Å². The number of hydrogen-bond donors (Lipinski definition) is 0. The Morgan fingerprint density at radius 2 is 0.606 bits per heavy atom. The summed E-state index contributed by atoms with van der Waals surface area (Å²) in [6.45, 7) is 8.00. The van der Waals surface area contributed by atoms with E-state index in [4.69, 9.17) is 0 Å². The van der Waals surface area contributed by atoms with Crippen molar-refractivity contribution < 1.29 is 0 Å². The fourth-order valence-corrected chi connectivity index (χ4v) is 4.77. The molecule has 0 radical (unpaired) electrons. The molecule has 6 aromatic rings. The van der Waals surface area contributed by atoms with E-state index in [1.54, 1.807) is 0 Å². The fraction of sp³-hybridized carbons (Fsp3) is 0.152. The molecular weight excluding hydrogens is 396 g/mol. The van der Waals surface area contributed by atoms with Crippen LogP contribution in [0.2, 0.25) is 0 Å². The lowest BCUT2D eigenvalue weighted by Crippen LogP contribution is -1.95. The zero-order valence-corrected chi connectivity index (χ0v) is 20.1. The highest BCUT2D eigenvalue weighted by molar-refractivity contribution is 6.06. The van der Waals surface area contributed by atoms with Gasteiger partial charge in [0.25, 0.3) is 0 Å². The zero-order chi connectivity index (χ0) is 23.2. The first-order chi connectivity index (χ1) is 16.4. The van der Waals surface area contributed by atoms with Crippen molar-refractivity contribution >= 4 is 43.1 Å². The Morgan fingerprint density at radius 3 is 0.879 bits per heavy atom. The number of benzene rings is 6. The molecule has 164 valence electrons. The highest BCUT2D eigenvalue weighted by Crippen LogP contribution is 2.35. The highest BCUT2D eigenvalue weighted by Gasteiger charge is 2.13. The van der Waals surface area contributed by atoms with Crippen LogP contribution in [-0.4, -0.2) is 0 Å². The third kappa shape index (κ3) is 4.22. The van der Waals surface area contributed by atoms with Gasteiger partial charge in [0.05, 0.1) is 0 Å². The zero-order valence-electron chi connectivity index (χ0n) is 20.1. The van der Waals surface area contributed by atoms with Crippen LogP contribution in [0.4, 0.5) is 0 Å². The van der Waals surface area contributed by atoms with Gasteiger partial charge < -0.3 is 0 Å². The van der Waals surface area contributed by atoms with Gasteiger partial charge in [0.2, 0.25) is 0 Å². The first kappa shape index (κ1) is 22.6. The van der Waals surface area contributed by atoms with E-state index in [1.165, 1.54) is 54.2 Å². The Balaban J connectivity index is 0.000000617. The lowest BCUT2D eigenvalue weighted by atomic mass is 9.88. The van der Waals surface area contributed by atoms with Crippen molar-refractivity contribution in [2.45, 2.75) is 34.1 Å². The Kier molecular flexibility index (Phi) is 7.05. The Labute approximate surface area is 197 Å². The highest BCUT2D eigenvalue weighted by atomic mass is 14.2. The summed E-state index contributed by atoms with van der Waals surface area (Å²) in [5.74, 6) is 0. The van der Waals surface area contributed by atoms with E-state index in [9.17, 15) is 0 Å². The van der Waals surface area contributed by atoms with E-state index in [0.29, 0.717) is 0 Å². The third-order valence-corrected chi connectivity index (χ3v) is 6.12. The first-order valence-electron chi connectivity index (χ1n) is 12.2. The molecule has 0 bridgehead atoms. The second-order valence-electron chi connectivity index (χ2n) is 7.77. The van der Waals surface area contributed by atoms with Crippen LogP contribution in [0.25, 0.3) is 43.1 Å². The number of rotatable bonds is 2. The van der Waals surface area contributed by atoms with E-state index in [-0.39, 0.29) is 0 Å². The quantitative estimate of drug-likeness (QED) is 0.241. The molecule has 0 spiro atoms. The predicted molar refractivity (Wildman–Crippen MR) is 148 cm³/mol. The molecule has 0 nitrogen and oxygen atoms in total. The molecule has 0 heteroatoms. The van der Waals surface area contributed by atoms with Crippen LogP contribution >= 0.6 is 0 Å². The monoisotopic (exact) mass is 428 g/mol. The Bertz CT molecular complexity index is 1300. The molecule has 0 amide bonds. The lowest BCUT2D eigenvalue weighted by molar-refractivity contribution is 1.28. The molecule has 0 unspecified atom stereocenters. The summed E-state index contributed by atoms with van der Waals surface area (Å²) in [7, 11) is 0. The van der Waals surface area contributed by atoms with Gasteiger partial charge in [0.15, 0.2) is 0 Å². The first-order valence-corrected chi connectivity index (χ1v) is 12.2. The van der Waals surface area contributed by atoms with Gasteiger partial charge >= 0.3 is 0 Å². The van der Waals surface area contributed by atoms with Gasteiger partial charge in [-0.05, 0) is 72.8 Å². The maximum Gasteiger partial charge on any atom is -0.000112 e. The van der Waals surface area contributed by atoms with Gasteiger partial charge in [-0.15, -0.1) is 0 Å². The summed E-state index contributed by atoms with van der Waals surface area (Å²) in [5, 5.41) is 10.6. The van der Waals surface area contributed by atoms with E-state index in [0.717, 1.165) is 6.42 Å². The van der Waals surface area contributed by atoms with E-state index >= 15 is 0 Å². The van der Waals surface area contributed by atoms with Gasteiger partial charge in [0.1, 0.15) is 0 Å². The third-order valence-electron chi connectivity index (χ3n) is 6.12. The maximum absolute atomic E-state index is 2.31. The topological polar surface area (TPSA) is 0 Å². The second-order valence-corrected chi connectivity index (χ2v) is 7.77. The normalized spacial score (nSPS) is 10.5. The molecule has 0 aliphatic carbocycles. The second kappa shape index (κ2) is 10.3. The molecule has 6 rings (SSSR count). The molecule has 6 aromatic carbocycles. The molecular formula is C33H32. The van der Waals surface area contributed by atoms with Crippen LogP contribution in [0.15, 0.2) is 109 Å². The minimum Gasteiger partial charge on any atom is -0.0683 e. The van der Waals surface area contributed by atoms with Gasteiger partial charge in [0, 0.05) is 0 Å². The average Bonchev–Trinajstić information content (AvgIpc) is 2.90. The SMILES string of the molecule is CC.CC.c1ccc2c(Cc3c4ccccc4cc4ccccc34)c3ccccc3cc2c1. The lowest BCUT2D eigenvalue weighted by Gasteiger charge is -2.16. The summed E-state index contributed by atoms with van der Waals surface area (Å²) >= 11 is 0. The van der Waals surface area contributed by atoms with Crippen LogP contribution in [-0.2, 0) is 6.42 Å². The molecule has 0 fully saturated rings. The molecule has 0 aliphatic rings. The molecule has 0 saturated heterocycles. The average molecular weight is 429 g/mol. The van der Waals surface area contributed by atoms with E-state index < -0.39 is 0 Å². The van der Waals surface area contributed by atoms with Gasteiger partial charge in [-0.25, -0.2) is 0 Å². The molecule has 0 saturated carbocycles. The maximum atomic E-state index is 2.31. The fourth-order valence-electron chi connectivity index (χ4n) is 4.77. The van der Waals surface area contributed by atoms with Crippen LogP contribution in [0.5, 0.6) is 0 Å². The van der Waals surface area contributed by atoms with Gasteiger partial charge in [-0.3, -0.25) is 0 Å². The van der Waals surface area contributed by atoms with Gasteiger partial charge in [-0.1, -0.05) is 125 Å². The molecule has 0 N–H and O–H groups in total. The van der Waals surface area contributed by atoms with Crippen molar-refractivity contribution in [2.24, 2.45) is 0 Å². The van der Waals surface area contributed by atoms with Crippen LogP contribution < -0.4 is 0 Å². The Morgan fingerprint density at radius 1 is 0.364 bits per heavy atom. The van der Waals surface area contributed by atoms with Crippen molar-refractivity contribution in [3.05, 3.63) is 120 Å². The molecule has 0 aliphatic heterocycles. The predicted octanol–water partition coefficient (Wildman–Crippen LogP) is 9.94. The summed E-state index contributed by atoms with van der Waals surface area (Å²) in [5.41, 5.74) is 2.83. The van der Waals surface area contributed by atoms with E-state index in [2.05, 4.69) is 109 Å². The van der Waals surface area contributed by atoms with Crippen LogP contribution in [0, 0.1) is 0 Å². The minimum absolute atomic E-state index is 0.920. The number of fused-ring (bicyclic) bond motifs is 4. The standard InChI is InChI=1S/C29H20.2C2H6/c1-5-13-24-20(9-1)17-21-10-2-6-14-25(21)28(24)19-29-26-15-7-3-11-22(26)18-23-12-4-8-16-27(23)29;2*1-2/h1-18H,19H2;2*1-2H3. The van der Waals surface area contributed by atoms with Crippen LogP contribution in [0.1, 0.15) is 38.8 Å². The summed E-state index contributed by atoms with van der Waals surface area (Å²) in [6, 6.07) is 39.8. The smallest absolute Gasteiger partial charge is 0.000112 e. The summed E-state index contributed by atoms with van der Waals surface area (Å²) in [4.78, 5) is 0. The van der Waals surface area contributed by atoms with Crippen molar-refractivity contribution in [1.29, 1.82) is 0 Å². The summed E-state index contributed by atoms with van der Waals surface area (Å²) in [6.07, 6.45) is 0.920. The summed E-state index contributed by atoms with van der Waals surface area (Å²) < 4.78 is 0. The van der Waals surface area contributed by atoms with Gasteiger partial charge in [-0.2, -0.15) is 0 Å². The van der Waals surface area contributed by atoms with Crippen molar-refractivity contribution in [1.82, 2.24) is 0 Å². The number of hydrogen-bond acceptors (Lipinski definition) is 0. The molecule has 0 heterocycles. The molecule has 0 aromatic heterocycles. The van der Waals surface area contributed by atoms with Crippen molar-refractivity contribution in [2.75, 3.05) is 0 Å². The van der Waals surface area contributed by atoms with Crippen molar-refractivity contribution in [3.8, 4) is 0 Å². The Hall–Kier alpha value is -3.64. The molecule has 33 heavy (non-hydrogen) atoms. The largest absolute Gasteiger partial charge is 0.0683 e. The minimum atomic E-state index is 0.920.